The number of nitrogens with two attached hydrogens (primary N) is 1. The van der Waals surface area contributed by atoms with Gasteiger partial charge in [0.25, 0.3) is 0 Å². The fourth-order valence-corrected chi connectivity index (χ4v) is 1.58. The largest absolute Gasteiger partial charge is 0.391 e. The normalized spacial score (nSPS) is 42.2. The summed E-state index contributed by atoms with van der Waals surface area (Å²) >= 11 is 0. The molecule has 1 rings (SSSR count). The Labute approximate surface area is 95.9 Å². The summed E-state index contributed by atoms with van der Waals surface area (Å²) in [6.07, 6.45) is -7.23. The molecule has 1 aliphatic heterocycles. The summed E-state index contributed by atoms with van der Waals surface area (Å²) in [5.41, 5.74) is 0. The maximum atomic E-state index is 10.9. The van der Waals surface area contributed by atoms with E-state index in [2.05, 4.69) is 10.7 Å². The summed E-state index contributed by atoms with van der Waals surface area (Å²) in [7, 11) is 0. The van der Waals surface area contributed by atoms with Gasteiger partial charge in [-0.15, -0.1) is 0 Å². The summed E-state index contributed by atoms with van der Waals surface area (Å²) < 4.78 is 4.78. The van der Waals surface area contributed by atoms with E-state index in [1.54, 1.807) is 0 Å². The lowest BCUT2D eigenvalue weighted by molar-refractivity contribution is -0.354. The van der Waals surface area contributed by atoms with Crippen LogP contribution in [0.3, 0.4) is 0 Å². The number of hydrogen-bond donors (Lipinski definition) is 6. The molecule has 1 saturated heterocycles. The predicted octanol–water partition coefficient (Wildman–Crippen LogP) is -4.04. The van der Waals surface area contributed by atoms with Crippen LogP contribution in [0.2, 0.25) is 0 Å². The first-order valence-corrected chi connectivity index (χ1v) is 4.80. The van der Waals surface area contributed by atoms with Gasteiger partial charge in [0.15, 0.2) is 0 Å². The van der Waals surface area contributed by atoms with E-state index in [0.717, 1.165) is 0 Å². The van der Waals surface area contributed by atoms with Crippen LogP contribution in [0.4, 0.5) is 0 Å². The molecule has 0 radical (unpaired) electrons. The van der Waals surface area contributed by atoms with Crippen molar-refractivity contribution in [3.8, 4) is 0 Å². The van der Waals surface area contributed by atoms with Gasteiger partial charge in [-0.3, -0.25) is 4.79 Å². The monoisotopic (exact) mass is 253 g/mol. The fourth-order valence-electron chi connectivity index (χ4n) is 1.58. The second-order valence-electron chi connectivity index (χ2n) is 3.78. The van der Waals surface area contributed by atoms with Gasteiger partial charge in [0.2, 0.25) is 5.79 Å². The molecular formula is C8H15NO8. The first kappa shape index (κ1) is 14.3. The highest BCUT2D eigenvalue weighted by molar-refractivity contribution is 5.69. The predicted molar refractivity (Wildman–Crippen MR) is 49.8 cm³/mol. The third-order valence-corrected chi connectivity index (χ3v) is 2.60. The molecule has 1 unspecified atom stereocenters. The van der Waals surface area contributed by atoms with E-state index in [1.165, 1.54) is 0 Å². The number of carbonyl (C=O) groups excluding carboxylic acids is 1. The molecule has 0 amide bonds. The summed E-state index contributed by atoms with van der Waals surface area (Å²) in [5.74, 6) is 1.18. The summed E-state index contributed by atoms with van der Waals surface area (Å²) in [6.45, 7) is -1.02. The third kappa shape index (κ3) is 2.72. The van der Waals surface area contributed by atoms with Gasteiger partial charge in [-0.1, -0.05) is 0 Å². The average Bonchev–Trinajstić information content (AvgIpc) is 2.33. The average molecular weight is 253 g/mol. The van der Waals surface area contributed by atoms with Gasteiger partial charge in [-0.05, 0) is 0 Å². The molecule has 0 saturated carbocycles. The zero-order valence-electron chi connectivity index (χ0n) is 8.76. The molecule has 100 valence electrons. The third-order valence-electron chi connectivity index (χ3n) is 2.60. The zero-order valence-corrected chi connectivity index (χ0v) is 8.76. The molecule has 9 nitrogen and oxygen atoms in total. The molecule has 7 N–H and O–H groups in total. The zero-order chi connectivity index (χ0) is 13.2. The smallest absolute Gasteiger partial charge is 0.327 e. The minimum atomic E-state index is -2.46. The van der Waals surface area contributed by atoms with Crippen molar-refractivity contribution in [1.82, 2.24) is 0 Å². The van der Waals surface area contributed by atoms with E-state index >= 15 is 0 Å². The second kappa shape index (κ2) is 5.23. The lowest BCUT2D eigenvalue weighted by Crippen LogP contribution is -2.66. The van der Waals surface area contributed by atoms with Crippen LogP contribution in [0.25, 0.3) is 0 Å². The molecule has 1 heterocycles. The highest BCUT2D eigenvalue weighted by Crippen LogP contribution is 2.29. The molecular weight excluding hydrogens is 238 g/mol. The Morgan fingerprint density at radius 1 is 1.35 bits per heavy atom. The van der Waals surface area contributed by atoms with Crippen molar-refractivity contribution >= 4 is 5.97 Å². The van der Waals surface area contributed by atoms with E-state index in [-0.39, 0.29) is 0 Å². The van der Waals surface area contributed by atoms with Crippen molar-refractivity contribution < 1.29 is 39.9 Å². The number of aliphatic hydroxyl groups is 5. The van der Waals surface area contributed by atoms with E-state index in [4.69, 9.17) is 9.84 Å². The Balaban J connectivity index is 2.82. The standard InChI is InChI=1S/C8H15NO8/c9-17-4(11)1-3-5(12)6(13)7(14)8(15,2-10)16-3/h3,5-7,10,12-15H,1-2,9H2/t3?,5-,6-,7+,8+/m1/s1. The number of carbonyl (C=O) groups is 1. The van der Waals surface area contributed by atoms with Crippen molar-refractivity contribution in [2.75, 3.05) is 6.61 Å². The van der Waals surface area contributed by atoms with Crippen LogP contribution >= 0.6 is 0 Å². The molecule has 9 heteroatoms. The van der Waals surface area contributed by atoms with Crippen LogP contribution in [0.5, 0.6) is 0 Å². The molecule has 1 fully saturated rings. The van der Waals surface area contributed by atoms with Gasteiger partial charge in [0, 0.05) is 0 Å². The van der Waals surface area contributed by atoms with Crippen molar-refractivity contribution in [3.63, 3.8) is 0 Å². The minimum absolute atomic E-state index is 0.552. The summed E-state index contributed by atoms with van der Waals surface area (Å²) in [6, 6.07) is 0. The van der Waals surface area contributed by atoms with Crippen LogP contribution in [-0.4, -0.2) is 68.3 Å². The number of ether oxygens (including phenoxy) is 1. The van der Waals surface area contributed by atoms with Gasteiger partial charge in [-0.25, -0.2) is 0 Å². The van der Waals surface area contributed by atoms with Gasteiger partial charge in [0.1, 0.15) is 24.4 Å². The van der Waals surface area contributed by atoms with E-state index in [0.29, 0.717) is 0 Å². The SMILES string of the molecule is NOC(=O)CC1O[C@@](O)(CO)[C@@H](O)[C@H](O)[C@@H]1O. The fraction of sp³-hybridized carbons (Fsp3) is 0.875. The van der Waals surface area contributed by atoms with Gasteiger partial charge < -0.3 is 35.1 Å². The Morgan fingerprint density at radius 3 is 2.41 bits per heavy atom. The molecule has 0 aromatic heterocycles. The molecule has 1 aliphatic rings. The number of aliphatic hydroxyl groups excluding tert-OH is 4. The van der Waals surface area contributed by atoms with Crippen LogP contribution in [-0.2, 0) is 14.4 Å². The maximum Gasteiger partial charge on any atom is 0.327 e. The number of hydrogen-bond acceptors (Lipinski definition) is 9. The Bertz CT molecular complexity index is 287. The molecule has 5 atom stereocenters. The molecule has 0 aliphatic carbocycles. The first-order chi connectivity index (χ1) is 7.85. The lowest BCUT2D eigenvalue weighted by Gasteiger charge is -2.44. The highest BCUT2D eigenvalue weighted by Gasteiger charge is 2.52. The number of rotatable bonds is 3. The van der Waals surface area contributed by atoms with Crippen molar-refractivity contribution in [2.45, 2.75) is 36.6 Å². The lowest BCUT2D eigenvalue weighted by atomic mass is 9.91. The molecule has 0 aromatic carbocycles. The molecule has 0 aromatic rings. The van der Waals surface area contributed by atoms with Crippen LogP contribution in [0.1, 0.15) is 6.42 Å². The van der Waals surface area contributed by atoms with E-state index in [9.17, 15) is 25.2 Å². The van der Waals surface area contributed by atoms with Crippen molar-refractivity contribution in [2.24, 2.45) is 5.90 Å². The van der Waals surface area contributed by atoms with Gasteiger partial charge in [-0.2, -0.15) is 5.90 Å². The van der Waals surface area contributed by atoms with Gasteiger partial charge in [0.05, 0.1) is 13.0 Å². The summed E-state index contributed by atoms with van der Waals surface area (Å²) in [5, 5.41) is 46.8. The van der Waals surface area contributed by atoms with E-state index < -0.39 is 49.2 Å². The first-order valence-electron chi connectivity index (χ1n) is 4.80. The van der Waals surface area contributed by atoms with Gasteiger partial charge >= 0.3 is 5.97 Å². The topological polar surface area (TPSA) is 163 Å². The van der Waals surface area contributed by atoms with Crippen LogP contribution < -0.4 is 5.90 Å². The molecule has 0 spiro atoms. The van der Waals surface area contributed by atoms with Crippen molar-refractivity contribution in [3.05, 3.63) is 0 Å². The summed E-state index contributed by atoms with van der Waals surface area (Å²) in [4.78, 5) is 14.7. The van der Waals surface area contributed by atoms with Crippen LogP contribution in [0, 0.1) is 0 Å². The Hall–Kier alpha value is -0.810. The molecule has 17 heavy (non-hydrogen) atoms. The minimum Gasteiger partial charge on any atom is -0.391 e. The van der Waals surface area contributed by atoms with Crippen LogP contribution in [0.15, 0.2) is 0 Å². The van der Waals surface area contributed by atoms with E-state index in [1.807, 2.05) is 0 Å². The Kier molecular flexibility index (Phi) is 4.38. The highest BCUT2D eigenvalue weighted by atomic mass is 16.7. The Morgan fingerprint density at radius 2 is 1.94 bits per heavy atom. The molecule has 0 bridgehead atoms. The van der Waals surface area contributed by atoms with Crippen molar-refractivity contribution in [1.29, 1.82) is 0 Å². The quantitative estimate of drug-likeness (QED) is 0.275. The second-order valence-corrected chi connectivity index (χ2v) is 3.78. The maximum absolute atomic E-state index is 10.9.